The van der Waals surface area contributed by atoms with Crippen LogP contribution in [0.2, 0.25) is 0 Å². The molecule has 15 nitrogen and oxygen atoms in total. The molecule has 1 fully saturated rings. The number of hydrogen-bond donors (Lipinski definition) is 5. The molecule has 0 spiro atoms. The second kappa shape index (κ2) is 25.7. The van der Waals surface area contributed by atoms with Gasteiger partial charge in [-0.3, -0.25) is 19.2 Å². The molecule has 0 bridgehead atoms. The summed E-state index contributed by atoms with van der Waals surface area (Å²) >= 11 is 8.55. The van der Waals surface area contributed by atoms with E-state index in [1.54, 1.807) is 30.3 Å². The number of nitrogens with zero attached hydrogens (tertiary/aromatic N) is 5. The van der Waals surface area contributed by atoms with Gasteiger partial charge < -0.3 is 31.3 Å². The predicted molar refractivity (Wildman–Crippen MR) is 240 cm³/mol. The summed E-state index contributed by atoms with van der Waals surface area (Å²) in [5, 5.41) is 25.8. The zero-order chi connectivity index (χ0) is 43.4. The topological polar surface area (TPSA) is 223 Å². The van der Waals surface area contributed by atoms with E-state index in [0.29, 0.717) is 45.6 Å². The van der Waals surface area contributed by atoms with Crippen LogP contribution in [0.4, 0.5) is 17.5 Å². The Hall–Kier alpha value is -4.00. The van der Waals surface area contributed by atoms with Crippen LogP contribution in [0.5, 0.6) is 0 Å². The van der Waals surface area contributed by atoms with Crippen molar-refractivity contribution in [3.63, 3.8) is 0 Å². The summed E-state index contributed by atoms with van der Waals surface area (Å²) in [6.07, 6.45) is 20.1. The Morgan fingerprint density at radius 2 is 1.63 bits per heavy atom. The number of ether oxygens (including phenoxy) is 1. The van der Waals surface area contributed by atoms with Crippen molar-refractivity contribution in [2.24, 2.45) is 5.92 Å². The van der Waals surface area contributed by atoms with Crippen LogP contribution >= 0.6 is 34.4 Å². The number of benzene rings is 1. The molecule has 1 aliphatic rings. The van der Waals surface area contributed by atoms with Crippen LogP contribution in [0.15, 0.2) is 42.6 Å². The number of amides is 2. The Kier molecular flexibility index (Phi) is 20.8. The molecule has 4 unspecified atom stereocenters. The number of aliphatic hydroxyl groups excluding tert-OH is 2. The van der Waals surface area contributed by atoms with Gasteiger partial charge >= 0.3 is 5.97 Å². The molecule has 5 atom stereocenters. The molecule has 17 heteroatoms. The molecule has 3 aromatic rings. The molecule has 0 radical (unpaired) electrons. The van der Waals surface area contributed by atoms with Crippen LogP contribution in [0.25, 0.3) is 11.2 Å². The SMILES string of the molecule is CCCCCCCCCCCCC/C=C\C(O)C(CO)NC(=O)CCCC[C@@H]1OC(=O)C1CC(NC(=O)c1ccc(N(Cl)c2cnc3nc(N)nc(I)c3n2)cc1)C(C)=O. The van der Waals surface area contributed by atoms with E-state index in [-0.39, 0.29) is 36.0 Å². The molecular weight excluding hydrogens is 903 g/mol. The second-order valence-corrected chi connectivity index (χ2v) is 16.8. The smallest absolute Gasteiger partial charge is 0.313 e. The lowest BCUT2D eigenvalue weighted by Gasteiger charge is -2.37. The number of cyclic esters (lactones) is 1. The van der Waals surface area contributed by atoms with Crippen molar-refractivity contribution in [3.8, 4) is 0 Å². The molecule has 0 saturated carbocycles. The zero-order valence-electron chi connectivity index (χ0n) is 34.7. The number of Topliss-reactive ketones (excluding diaryl/α,β-unsaturated/α-hetero) is 1. The summed E-state index contributed by atoms with van der Waals surface area (Å²) in [4.78, 5) is 67.8. The van der Waals surface area contributed by atoms with E-state index in [1.165, 1.54) is 75.3 Å². The van der Waals surface area contributed by atoms with E-state index >= 15 is 0 Å². The number of nitrogen functional groups attached to an aromatic ring is 1. The van der Waals surface area contributed by atoms with Gasteiger partial charge in [0, 0.05) is 23.8 Å². The lowest BCUT2D eigenvalue weighted by Crippen LogP contribution is -2.50. The van der Waals surface area contributed by atoms with Gasteiger partial charge in [0.05, 0.1) is 42.6 Å². The number of carbonyl (C=O) groups excluding carboxylic acids is 4. The van der Waals surface area contributed by atoms with Gasteiger partial charge in [-0.05, 0) is 92.3 Å². The minimum absolute atomic E-state index is 0.0796. The first-order valence-electron chi connectivity index (χ1n) is 21.2. The normalized spacial score (nSPS) is 16.5. The summed E-state index contributed by atoms with van der Waals surface area (Å²) in [6, 6.07) is 4.61. The predicted octanol–water partition coefficient (Wildman–Crippen LogP) is 7.17. The highest BCUT2D eigenvalue weighted by Crippen LogP contribution is 2.32. The quantitative estimate of drug-likeness (QED) is 0.0122. The summed E-state index contributed by atoms with van der Waals surface area (Å²) < 4.78 is 7.15. The van der Waals surface area contributed by atoms with E-state index in [0.717, 1.165) is 19.3 Å². The van der Waals surface area contributed by atoms with Crippen molar-refractivity contribution < 1.29 is 34.1 Å². The van der Waals surface area contributed by atoms with Gasteiger partial charge in [-0.1, -0.05) is 83.3 Å². The van der Waals surface area contributed by atoms with Crippen LogP contribution in [0.3, 0.4) is 0 Å². The van der Waals surface area contributed by atoms with Gasteiger partial charge in [-0.25, -0.2) is 19.4 Å². The number of aromatic nitrogens is 4. The number of rotatable bonds is 28. The highest BCUT2D eigenvalue weighted by Gasteiger charge is 2.44. The summed E-state index contributed by atoms with van der Waals surface area (Å²) in [7, 11) is 0. The van der Waals surface area contributed by atoms with E-state index in [4.69, 9.17) is 22.2 Å². The first-order valence-corrected chi connectivity index (χ1v) is 22.6. The van der Waals surface area contributed by atoms with E-state index in [2.05, 4.69) is 37.5 Å². The zero-order valence-corrected chi connectivity index (χ0v) is 37.6. The molecule has 328 valence electrons. The number of aliphatic hydroxyl groups is 2. The van der Waals surface area contributed by atoms with Crippen molar-refractivity contribution in [1.82, 2.24) is 30.6 Å². The minimum atomic E-state index is -0.995. The van der Waals surface area contributed by atoms with Crippen molar-refractivity contribution in [2.45, 2.75) is 147 Å². The molecule has 4 rings (SSSR count). The number of fused-ring (bicyclic) bond motifs is 1. The first kappa shape index (κ1) is 48.7. The number of nitrogens with one attached hydrogen (secondary N) is 2. The molecular formula is C43H60ClIN8O7. The van der Waals surface area contributed by atoms with Gasteiger partial charge in [0.1, 0.15) is 15.3 Å². The van der Waals surface area contributed by atoms with E-state index in [9.17, 15) is 29.4 Å². The van der Waals surface area contributed by atoms with E-state index < -0.39 is 48.7 Å². The maximum absolute atomic E-state index is 13.2. The number of halogens is 2. The molecule has 6 N–H and O–H groups in total. The summed E-state index contributed by atoms with van der Waals surface area (Å²) in [5.74, 6) is -1.74. The molecule has 1 saturated heterocycles. The Morgan fingerprint density at radius 3 is 2.27 bits per heavy atom. The standard InChI is InChI=1S/C43H60ClIN8O7/c1-3-4-5-6-7-8-9-10-11-12-13-14-15-18-34(56)33(27-54)48-37(57)20-17-16-19-35-31(42(59)60-35)25-32(28(2)55)49-41(58)29-21-23-30(24-22-29)53(44)36-26-47-40-38(50-36)39(45)51-43(46)52-40/h15,18,21-24,26,31-35,54,56H,3-14,16-17,19-20,25,27H2,1-2H3,(H,48,57)(H,49,58)(H2,46,47,51,52)/b18-15-/t31?,32?,33?,34?,35-/m0/s1. The number of esters is 1. The van der Waals surface area contributed by atoms with Crippen LogP contribution in [-0.4, -0.2) is 84.6 Å². The second-order valence-electron chi connectivity index (χ2n) is 15.4. The fraction of sp³-hybridized carbons (Fsp3) is 0.581. The lowest BCUT2D eigenvalue weighted by atomic mass is 9.85. The minimum Gasteiger partial charge on any atom is -0.461 e. The number of carbonyl (C=O) groups is 4. The fourth-order valence-corrected chi connectivity index (χ4v) is 7.83. The number of hydrogen-bond acceptors (Lipinski definition) is 13. The third-order valence-corrected chi connectivity index (χ3v) is 11.8. The monoisotopic (exact) mass is 962 g/mol. The molecule has 0 aliphatic carbocycles. The van der Waals surface area contributed by atoms with Crippen molar-refractivity contribution in [1.29, 1.82) is 0 Å². The maximum Gasteiger partial charge on any atom is 0.313 e. The van der Waals surface area contributed by atoms with Crippen LogP contribution in [0, 0.1) is 9.62 Å². The van der Waals surface area contributed by atoms with Gasteiger partial charge in [-0.15, -0.1) is 0 Å². The molecule has 2 amide bonds. The van der Waals surface area contributed by atoms with Crippen LogP contribution < -0.4 is 20.8 Å². The Labute approximate surface area is 371 Å². The molecule has 2 aromatic heterocycles. The Bertz CT molecular complexity index is 1890. The highest BCUT2D eigenvalue weighted by atomic mass is 127. The van der Waals surface area contributed by atoms with Gasteiger partial charge in [0.15, 0.2) is 17.2 Å². The fourth-order valence-electron chi connectivity index (χ4n) is 7.02. The Morgan fingerprint density at radius 1 is 0.967 bits per heavy atom. The molecule has 1 aromatic carbocycles. The van der Waals surface area contributed by atoms with Gasteiger partial charge in [0.2, 0.25) is 11.9 Å². The average Bonchev–Trinajstić information content (AvgIpc) is 3.23. The van der Waals surface area contributed by atoms with Crippen molar-refractivity contribution >= 4 is 86.6 Å². The Balaban J connectivity index is 1.14. The third-order valence-electron chi connectivity index (χ3n) is 10.6. The average molecular weight is 963 g/mol. The summed E-state index contributed by atoms with van der Waals surface area (Å²) in [6.45, 7) is 3.20. The number of anilines is 3. The number of nitrogens with two attached hydrogens (primary N) is 1. The number of allylic oxidation sites excluding steroid dienone is 1. The number of unbranched alkanes of at least 4 members (excludes halogenated alkanes) is 12. The molecule has 60 heavy (non-hydrogen) atoms. The number of ketones is 1. The lowest BCUT2D eigenvalue weighted by molar-refractivity contribution is -0.186. The van der Waals surface area contributed by atoms with Gasteiger partial charge in [-0.2, -0.15) is 4.98 Å². The van der Waals surface area contributed by atoms with Crippen LogP contribution in [-0.2, 0) is 19.1 Å². The summed E-state index contributed by atoms with van der Waals surface area (Å²) in [5.41, 5.74) is 7.23. The molecule has 3 heterocycles. The van der Waals surface area contributed by atoms with Crippen molar-refractivity contribution in [3.05, 3.63) is 51.9 Å². The van der Waals surface area contributed by atoms with Gasteiger partial charge in [0.25, 0.3) is 5.91 Å². The largest absolute Gasteiger partial charge is 0.461 e. The maximum atomic E-state index is 13.2. The highest BCUT2D eigenvalue weighted by molar-refractivity contribution is 14.1. The first-order chi connectivity index (χ1) is 28.9. The third kappa shape index (κ3) is 15.5. The van der Waals surface area contributed by atoms with Crippen LogP contribution in [0.1, 0.15) is 133 Å². The molecule has 1 aliphatic heterocycles. The van der Waals surface area contributed by atoms with Crippen molar-refractivity contribution in [2.75, 3.05) is 16.8 Å². The van der Waals surface area contributed by atoms with E-state index in [1.807, 2.05) is 28.7 Å².